The van der Waals surface area contributed by atoms with E-state index in [1.54, 1.807) is 6.07 Å². The fourth-order valence-corrected chi connectivity index (χ4v) is 1.85. The average molecular weight is 321 g/mol. The molecule has 0 spiro atoms. The Bertz CT molecular complexity index is 772. The fraction of sp³-hybridized carbons (Fsp3) is 0.143. The SMILES string of the molecule is FC(F)(F)c1ccc(-c2cnnc(NCc3ccon3)n2)cc1. The molecule has 1 aromatic carbocycles. The lowest BCUT2D eigenvalue weighted by atomic mass is 10.1. The first-order valence-electron chi connectivity index (χ1n) is 6.53. The van der Waals surface area contributed by atoms with E-state index in [-0.39, 0.29) is 5.95 Å². The van der Waals surface area contributed by atoms with Crippen molar-refractivity contribution >= 4 is 5.95 Å². The van der Waals surface area contributed by atoms with Crippen LogP contribution in [0.5, 0.6) is 0 Å². The van der Waals surface area contributed by atoms with Crippen molar-refractivity contribution in [3.63, 3.8) is 0 Å². The highest BCUT2D eigenvalue weighted by Crippen LogP contribution is 2.30. The van der Waals surface area contributed by atoms with Gasteiger partial charge in [0.2, 0.25) is 5.95 Å². The number of alkyl halides is 3. The van der Waals surface area contributed by atoms with Crippen molar-refractivity contribution < 1.29 is 17.7 Å². The highest BCUT2D eigenvalue weighted by molar-refractivity contribution is 5.59. The molecular formula is C14H10F3N5O. The van der Waals surface area contributed by atoms with E-state index < -0.39 is 11.7 Å². The van der Waals surface area contributed by atoms with Gasteiger partial charge in [-0.1, -0.05) is 17.3 Å². The second-order valence-electron chi connectivity index (χ2n) is 4.58. The van der Waals surface area contributed by atoms with Crippen LogP contribution in [0.3, 0.4) is 0 Å². The summed E-state index contributed by atoms with van der Waals surface area (Å²) >= 11 is 0. The molecule has 0 aliphatic carbocycles. The molecule has 0 radical (unpaired) electrons. The Kier molecular flexibility index (Phi) is 3.92. The molecule has 9 heteroatoms. The molecule has 2 aromatic heterocycles. The third-order valence-corrected chi connectivity index (χ3v) is 2.99. The normalized spacial score (nSPS) is 11.4. The van der Waals surface area contributed by atoms with Gasteiger partial charge in [0.15, 0.2) is 0 Å². The quantitative estimate of drug-likeness (QED) is 0.795. The molecule has 0 aliphatic rings. The van der Waals surface area contributed by atoms with E-state index in [1.165, 1.54) is 24.6 Å². The maximum absolute atomic E-state index is 12.6. The molecule has 0 saturated heterocycles. The molecule has 2 heterocycles. The monoisotopic (exact) mass is 321 g/mol. The van der Waals surface area contributed by atoms with Crippen molar-refractivity contribution in [1.82, 2.24) is 20.3 Å². The van der Waals surface area contributed by atoms with Crippen molar-refractivity contribution in [3.05, 3.63) is 54.0 Å². The molecule has 6 nitrogen and oxygen atoms in total. The number of benzene rings is 1. The van der Waals surface area contributed by atoms with Crippen LogP contribution < -0.4 is 5.32 Å². The minimum absolute atomic E-state index is 0.241. The zero-order valence-electron chi connectivity index (χ0n) is 11.6. The van der Waals surface area contributed by atoms with Crippen LogP contribution in [0.1, 0.15) is 11.3 Å². The summed E-state index contributed by atoms with van der Waals surface area (Å²) in [5, 5.41) is 14.2. The zero-order chi connectivity index (χ0) is 16.3. The minimum atomic E-state index is -4.37. The second kappa shape index (κ2) is 6.03. The molecule has 1 N–H and O–H groups in total. The van der Waals surface area contributed by atoms with Crippen LogP contribution in [0, 0.1) is 0 Å². The lowest BCUT2D eigenvalue weighted by Gasteiger charge is -2.08. The summed E-state index contributed by atoms with van der Waals surface area (Å²) in [5.74, 6) is 0.241. The summed E-state index contributed by atoms with van der Waals surface area (Å²) in [5.41, 5.74) is 0.870. The summed E-state index contributed by atoms with van der Waals surface area (Å²) in [6.07, 6.45) is -1.55. The van der Waals surface area contributed by atoms with Crippen LogP contribution in [-0.4, -0.2) is 20.3 Å². The summed E-state index contributed by atoms with van der Waals surface area (Å²) in [6, 6.07) is 6.36. The van der Waals surface area contributed by atoms with Gasteiger partial charge >= 0.3 is 6.18 Å². The molecule has 0 aliphatic heterocycles. The Morgan fingerprint density at radius 3 is 2.52 bits per heavy atom. The van der Waals surface area contributed by atoms with Crippen LogP contribution in [0.4, 0.5) is 19.1 Å². The molecule has 23 heavy (non-hydrogen) atoms. The number of nitrogens with one attached hydrogen (secondary N) is 1. The molecule has 3 rings (SSSR count). The van der Waals surface area contributed by atoms with Crippen LogP contribution in [0.15, 0.2) is 47.3 Å². The Hall–Kier alpha value is -2.97. The van der Waals surface area contributed by atoms with Crippen molar-refractivity contribution in [2.45, 2.75) is 12.7 Å². The number of anilines is 1. The molecule has 0 fully saturated rings. The molecule has 3 aromatic rings. The first-order chi connectivity index (χ1) is 11.0. The average Bonchev–Trinajstić information content (AvgIpc) is 3.06. The van der Waals surface area contributed by atoms with E-state index in [1.807, 2.05) is 0 Å². The van der Waals surface area contributed by atoms with E-state index in [9.17, 15) is 13.2 Å². The van der Waals surface area contributed by atoms with Crippen molar-refractivity contribution in [3.8, 4) is 11.3 Å². The van der Waals surface area contributed by atoms with Crippen LogP contribution >= 0.6 is 0 Å². The van der Waals surface area contributed by atoms with Crippen LogP contribution in [-0.2, 0) is 12.7 Å². The van der Waals surface area contributed by atoms with Crippen molar-refractivity contribution in [1.29, 1.82) is 0 Å². The van der Waals surface area contributed by atoms with Gasteiger partial charge in [0.1, 0.15) is 12.0 Å². The molecule has 0 saturated carbocycles. The highest BCUT2D eigenvalue weighted by Gasteiger charge is 2.30. The molecule has 118 valence electrons. The third-order valence-electron chi connectivity index (χ3n) is 2.99. The summed E-state index contributed by atoms with van der Waals surface area (Å²) in [6.45, 7) is 0.342. The number of hydrogen-bond acceptors (Lipinski definition) is 6. The Morgan fingerprint density at radius 1 is 1.09 bits per heavy atom. The van der Waals surface area contributed by atoms with Gasteiger partial charge in [-0.2, -0.15) is 18.3 Å². The van der Waals surface area contributed by atoms with Gasteiger partial charge in [-0.25, -0.2) is 4.98 Å². The maximum Gasteiger partial charge on any atom is 0.416 e. The Morgan fingerprint density at radius 2 is 1.87 bits per heavy atom. The van der Waals surface area contributed by atoms with Gasteiger partial charge in [-0.15, -0.1) is 5.10 Å². The topological polar surface area (TPSA) is 76.7 Å². The Labute approximate surface area is 128 Å². The smallest absolute Gasteiger partial charge is 0.364 e. The number of nitrogens with zero attached hydrogens (tertiary/aromatic N) is 4. The Balaban J connectivity index is 1.76. The molecule has 0 atom stereocenters. The van der Waals surface area contributed by atoms with Gasteiger partial charge in [-0.05, 0) is 12.1 Å². The summed E-state index contributed by atoms with van der Waals surface area (Å²) in [7, 11) is 0. The first-order valence-corrected chi connectivity index (χ1v) is 6.53. The van der Waals surface area contributed by atoms with E-state index in [2.05, 4.69) is 25.7 Å². The van der Waals surface area contributed by atoms with Gasteiger partial charge in [0, 0.05) is 11.6 Å². The van der Waals surface area contributed by atoms with Crippen molar-refractivity contribution in [2.24, 2.45) is 0 Å². The lowest BCUT2D eigenvalue weighted by Crippen LogP contribution is -2.06. The van der Waals surface area contributed by atoms with Crippen LogP contribution in [0.2, 0.25) is 0 Å². The number of hydrogen-bond donors (Lipinski definition) is 1. The minimum Gasteiger partial charge on any atom is -0.364 e. The largest absolute Gasteiger partial charge is 0.416 e. The zero-order valence-corrected chi connectivity index (χ0v) is 11.6. The van der Waals surface area contributed by atoms with Gasteiger partial charge in [-0.3, -0.25) is 0 Å². The summed E-state index contributed by atoms with van der Waals surface area (Å²) in [4.78, 5) is 4.21. The predicted octanol–water partition coefficient (Wildman–Crippen LogP) is 3.16. The lowest BCUT2D eigenvalue weighted by molar-refractivity contribution is -0.137. The predicted molar refractivity (Wildman–Crippen MR) is 74.1 cm³/mol. The molecule has 0 amide bonds. The number of halogens is 3. The van der Waals surface area contributed by atoms with E-state index in [4.69, 9.17) is 4.52 Å². The van der Waals surface area contributed by atoms with E-state index >= 15 is 0 Å². The number of rotatable bonds is 4. The molecular weight excluding hydrogens is 311 g/mol. The molecule has 0 bridgehead atoms. The van der Waals surface area contributed by atoms with Crippen LogP contribution in [0.25, 0.3) is 11.3 Å². The van der Waals surface area contributed by atoms with E-state index in [0.717, 1.165) is 12.1 Å². The van der Waals surface area contributed by atoms with Gasteiger partial charge < -0.3 is 9.84 Å². The van der Waals surface area contributed by atoms with E-state index in [0.29, 0.717) is 23.5 Å². The van der Waals surface area contributed by atoms with Crippen molar-refractivity contribution in [2.75, 3.05) is 5.32 Å². The third kappa shape index (κ3) is 3.62. The highest BCUT2D eigenvalue weighted by atomic mass is 19.4. The second-order valence-corrected chi connectivity index (χ2v) is 4.58. The fourth-order valence-electron chi connectivity index (χ4n) is 1.85. The van der Waals surface area contributed by atoms with Gasteiger partial charge in [0.25, 0.3) is 0 Å². The molecule has 0 unspecified atom stereocenters. The standard InChI is InChI=1S/C14H10F3N5O/c15-14(16,17)10-3-1-9(2-4-10)12-8-19-21-13(20-12)18-7-11-5-6-23-22-11/h1-6,8H,7H2,(H,18,20,21). The van der Waals surface area contributed by atoms with Gasteiger partial charge in [0.05, 0.1) is 24.0 Å². The summed E-state index contributed by atoms with van der Waals surface area (Å²) < 4.78 is 42.4. The maximum atomic E-state index is 12.6. The number of aromatic nitrogens is 4. The first kappa shape index (κ1) is 14.9.